The molecule has 9 heteroatoms. The summed E-state index contributed by atoms with van der Waals surface area (Å²) in [5, 5.41) is 5.58. The molecule has 0 radical (unpaired) electrons. The van der Waals surface area contributed by atoms with E-state index in [9.17, 15) is 0 Å². The van der Waals surface area contributed by atoms with Crippen LogP contribution in [0.3, 0.4) is 0 Å². The first-order chi connectivity index (χ1) is 16.8. The highest BCUT2D eigenvalue weighted by Gasteiger charge is 2.18. The van der Waals surface area contributed by atoms with E-state index in [0.717, 1.165) is 57.9 Å². The monoisotopic (exact) mass is 485 g/mol. The van der Waals surface area contributed by atoms with Gasteiger partial charge in [-0.05, 0) is 37.2 Å². The van der Waals surface area contributed by atoms with Crippen LogP contribution in [0.4, 0.5) is 11.5 Å². The first-order valence-corrected chi connectivity index (χ1v) is 15.5. The highest BCUT2D eigenvalue weighted by Crippen LogP contribution is 2.32. The van der Waals surface area contributed by atoms with Crippen molar-refractivity contribution in [3.05, 3.63) is 66.7 Å². The Labute approximate surface area is 206 Å². The zero-order valence-electron chi connectivity index (χ0n) is 20.9. The second-order valence-electron chi connectivity index (χ2n) is 10.0. The molecule has 0 amide bonds. The molecule has 0 aromatic carbocycles. The lowest BCUT2D eigenvalue weighted by Crippen LogP contribution is -2.22. The Morgan fingerprint density at radius 3 is 2.66 bits per heavy atom. The van der Waals surface area contributed by atoms with E-state index in [4.69, 9.17) is 9.72 Å². The molecule has 0 spiro atoms. The fourth-order valence-corrected chi connectivity index (χ4v) is 4.85. The lowest BCUT2D eigenvalue weighted by Gasteiger charge is -2.22. The molecular formula is C26H31N7OSi. The molecule has 0 bridgehead atoms. The Hall–Kier alpha value is -3.56. The van der Waals surface area contributed by atoms with Crippen molar-refractivity contribution in [2.24, 2.45) is 0 Å². The molecule has 5 aromatic rings. The zero-order valence-corrected chi connectivity index (χ0v) is 21.9. The lowest BCUT2D eigenvalue weighted by molar-refractivity contribution is 0.0899. The summed E-state index contributed by atoms with van der Waals surface area (Å²) in [6, 6.07) is 15.2. The second-order valence-corrected chi connectivity index (χ2v) is 15.6. The van der Waals surface area contributed by atoms with E-state index >= 15 is 0 Å². The topological polar surface area (TPSA) is 73.4 Å². The van der Waals surface area contributed by atoms with Crippen molar-refractivity contribution in [1.82, 2.24) is 29.1 Å². The minimum absolute atomic E-state index is 0.496. The Kier molecular flexibility index (Phi) is 6.12. The maximum atomic E-state index is 5.98. The number of fused-ring (bicyclic) bond motifs is 2. The van der Waals surface area contributed by atoms with Gasteiger partial charge < -0.3 is 14.2 Å². The Balaban J connectivity index is 1.50. The Morgan fingerprint density at radius 1 is 1.00 bits per heavy atom. The van der Waals surface area contributed by atoms with Crippen LogP contribution in [0.15, 0.2) is 61.1 Å². The third kappa shape index (κ3) is 4.82. The number of hydrogen-bond donors (Lipinski definition) is 0. The smallest absolute Gasteiger partial charge is 0.158 e. The van der Waals surface area contributed by atoms with Gasteiger partial charge in [-0.15, -0.1) is 0 Å². The molecule has 5 heterocycles. The molecule has 0 aliphatic rings. The number of rotatable bonds is 8. The lowest BCUT2D eigenvalue weighted by atomic mass is 10.2. The molecule has 8 nitrogen and oxygen atoms in total. The van der Waals surface area contributed by atoms with Crippen LogP contribution in [0.1, 0.15) is 5.69 Å². The zero-order chi connectivity index (χ0) is 24.6. The van der Waals surface area contributed by atoms with Crippen molar-refractivity contribution in [3.8, 4) is 11.4 Å². The molecule has 35 heavy (non-hydrogen) atoms. The summed E-state index contributed by atoms with van der Waals surface area (Å²) < 4.78 is 9.90. The quantitative estimate of drug-likeness (QED) is 0.213. The number of nitrogens with zero attached hydrogens (tertiary/aromatic N) is 7. The number of aryl methyl sites for hydroxylation is 1. The third-order valence-electron chi connectivity index (χ3n) is 6.06. The van der Waals surface area contributed by atoms with Crippen molar-refractivity contribution in [2.75, 3.05) is 18.6 Å². The summed E-state index contributed by atoms with van der Waals surface area (Å²) in [5.41, 5.74) is 5.30. The van der Waals surface area contributed by atoms with Crippen LogP contribution in [0.5, 0.6) is 0 Å². The molecular weight excluding hydrogens is 454 g/mol. The molecule has 5 aromatic heterocycles. The summed E-state index contributed by atoms with van der Waals surface area (Å²) in [4.78, 5) is 16.2. The molecule has 180 valence electrons. The average molecular weight is 486 g/mol. The van der Waals surface area contributed by atoms with Gasteiger partial charge in [-0.25, -0.2) is 9.97 Å². The van der Waals surface area contributed by atoms with Gasteiger partial charge in [0.25, 0.3) is 0 Å². The summed E-state index contributed by atoms with van der Waals surface area (Å²) >= 11 is 0. The van der Waals surface area contributed by atoms with Crippen LogP contribution in [0, 0.1) is 6.92 Å². The molecule has 0 aliphatic heterocycles. The van der Waals surface area contributed by atoms with Gasteiger partial charge >= 0.3 is 0 Å². The van der Waals surface area contributed by atoms with Crippen LogP contribution in [0.2, 0.25) is 25.7 Å². The molecule has 0 saturated carbocycles. The van der Waals surface area contributed by atoms with Crippen LogP contribution in [-0.4, -0.2) is 50.9 Å². The molecule has 0 atom stereocenters. The second kappa shape index (κ2) is 9.24. The van der Waals surface area contributed by atoms with Crippen molar-refractivity contribution < 1.29 is 4.74 Å². The predicted octanol–water partition coefficient (Wildman–Crippen LogP) is 5.53. The Morgan fingerprint density at radius 2 is 1.86 bits per heavy atom. The van der Waals surface area contributed by atoms with Crippen molar-refractivity contribution in [3.63, 3.8) is 0 Å². The highest BCUT2D eigenvalue weighted by atomic mass is 28.3. The van der Waals surface area contributed by atoms with Gasteiger partial charge in [-0.1, -0.05) is 25.7 Å². The van der Waals surface area contributed by atoms with Gasteiger partial charge in [0.2, 0.25) is 0 Å². The van der Waals surface area contributed by atoms with Gasteiger partial charge in [0.1, 0.15) is 18.2 Å². The van der Waals surface area contributed by atoms with Gasteiger partial charge in [-0.3, -0.25) is 4.98 Å². The van der Waals surface area contributed by atoms with E-state index in [1.807, 2.05) is 67.3 Å². The third-order valence-corrected chi connectivity index (χ3v) is 7.77. The first kappa shape index (κ1) is 23.2. The highest BCUT2D eigenvalue weighted by molar-refractivity contribution is 6.76. The van der Waals surface area contributed by atoms with Gasteiger partial charge in [-0.2, -0.15) is 9.61 Å². The normalized spacial score (nSPS) is 12.0. The largest absolute Gasteiger partial charge is 0.361 e. The standard InChI is InChI=1S/C26H31N7OSi/c1-19-7-6-8-21(29-19)22-17-25(33-24(30-22)10-13-28-33)31(2)23-9-12-27-26-20(23)11-14-32(26)18-34-15-16-35(3,4)5/h6-14,17H,15-16,18H2,1-5H3. The van der Waals surface area contributed by atoms with E-state index < -0.39 is 8.07 Å². The van der Waals surface area contributed by atoms with Crippen LogP contribution in [0.25, 0.3) is 28.1 Å². The molecule has 0 aliphatic carbocycles. The fourth-order valence-electron chi connectivity index (χ4n) is 4.09. The van der Waals surface area contributed by atoms with Gasteiger partial charge in [0, 0.05) is 57.3 Å². The number of hydrogen-bond acceptors (Lipinski definition) is 6. The van der Waals surface area contributed by atoms with Crippen LogP contribution < -0.4 is 4.90 Å². The minimum Gasteiger partial charge on any atom is -0.361 e. The molecule has 0 N–H and O–H groups in total. The van der Waals surface area contributed by atoms with E-state index in [0.29, 0.717) is 6.73 Å². The molecule has 0 unspecified atom stereocenters. The van der Waals surface area contributed by atoms with Crippen molar-refractivity contribution in [2.45, 2.75) is 39.3 Å². The number of aromatic nitrogens is 6. The van der Waals surface area contributed by atoms with Gasteiger partial charge in [0.15, 0.2) is 5.65 Å². The van der Waals surface area contributed by atoms with E-state index in [2.05, 4.69) is 50.2 Å². The number of anilines is 2. The van der Waals surface area contributed by atoms with Crippen molar-refractivity contribution >= 4 is 36.3 Å². The average Bonchev–Trinajstić information content (AvgIpc) is 3.47. The fraction of sp³-hybridized carbons (Fsp3) is 0.308. The van der Waals surface area contributed by atoms with E-state index in [-0.39, 0.29) is 0 Å². The Bertz CT molecular complexity index is 1480. The SMILES string of the molecule is Cc1cccc(-c2cc(N(C)c3ccnc4c3ccn4COCC[Si](C)(C)C)n3nccc3n2)n1. The summed E-state index contributed by atoms with van der Waals surface area (Å²) in [5.74, 6) is 0.893. The van der Waals surface area contributed by atoms with Crippen LogP contribution in [-0.2, 0) is 11.5 Å². The van der Waals surface area contributed by atoms with Gasteiger partial charge in [0.05, 0.1) is 23.3 Å². The minimum atomic E-state index is -1.12. The maximum absolute atomic E-state index is 5.98. The summed E-state index contributed by atoms with van der Waals surface area (Å²) in [7, 11) is 0.924. The first-order valence-electron chi connectivity index (χ1n) is 11.8. The van der Waals surface area contributed by atoms with Crippen molar-refractivity contribution in [1.29, 1.82) is 0 Å². The molecule has 5 rings (SSSR count). The van der Waals surface area contributed by atoms with E-state index in [1.165, 1.54) is 0 Å². The van der Waals surface area contributed by atoms with E-state index in [1.54, 1.807) is 6.20 Å². The number of pyridine rings is 2. The van der Waals surface area contributed by atoms with Crippen LogP contribution >= 0.6 is 0 Å². The molecule has 0 saturated heterocycles. The molecule has 0 fully saturated rings. The predicted molar refractivity (Wildman–Crippen MR) is 143 cm³/mol. The summed E-state index contributed by atoms with van der Waals surface area (Å²) in [6.07, 6.45) is 5.66. The summed E-state index contributed by atoms with van der Waals surface area (Å²) in [6.45, 7) is 10.3. The number of ether oxygens (including phenoxy) is 1. The maximum Gasteiger partial charge on any atom is 0.158 e.